The third-order valence-corrected chi connectivity index (χ3v) is 3.04. The zero-order valence-electron chi connectivity index (χ0n) is 11.1. The largest absolute Gasteiger partial charge is 0.383 e. The highest BCUT2D eigenvalue weighted by atomic mass is 16.5. The molecule has 0 aliphatic carbocycles. The van der Waals surface area contributed by atoms with Crippen LogP contribution in [-0.4, -0.2) is 20.3 Å². The van der Waals surface area contributed by atoms with E-state index < -0.39 is 0 Å². The van der Waals surface area contributed by atoms with Crippen LogP contribution in [0.4, 0.5) is 0 Å². The van der Waals surface area contributed by atoms with Gasteiger partial charge in [-0.15, -0.1) is 0 Å². The fourth-order valence-electron chi connectivity index (χ4n) is 2.03. The summed E-state index contributed by atoms with van der Waals surface area (Å²) in [4.78, 5) is 0. The molecule has 0 aliphatic heterocycles. The summed E-state index contributed by atoms with van der Waals surface area (Å²) in [7, 11) is 1.75. The van der Waals surface area contributed by atoms with Crippen molar-refractivity contribution in [2.45, 2.75) is 33.7 Å². The first-order chi connectivity index (χ1) is 7.60. The van der Waals surface area contributed by atoms with E-state index in [1.807, 2.05) is 0 Å². The SMILES string of the molecule is CCNC(COC)c1cc(C)c(C)cc1C. The molecule has 1 aromatic carbocycles. The zero-order chi connectivity index (χ0) is 12.1. The van der Waals surface area contributed by atoms with Gasteiger partial charge in [0.1, 0.15) is 0 Å². The minimum Gasteiger partial charge on any atom is -0.383 e. The van der Waals surface area contributed by atoms with Crippen LogP contribution in [0.3, 0.4) is 0 Å². The van der Waals surface area contributed by atoms with Crippen LogP contribution in [0.1, 0.15) is 35.2 Å². The molecule has 0 spiro atoms. The first-order valence-electron chi connectivity index (χ1n) is 5.90. The lowest BCUT2D eigenvalue weighted by Gasteiger charge is -2.21. The molecule has 0 radical (unpaired) electrons. The Bertz CT molecular complexity index is 341. The molecule has 16 heavy (non-hydrogen) atoms. The molecule has 0 amide bonds. The van der Waals surface area contributed by atoms with Crippen LogP contribution < -0.4 is 5.32 Å². The number of benzene rings is 1. The quantitative estimate of drug-likeness (QED) is 0.825. The highest BCUT2D eigenvalue weighted by Gasteiger charge is 2.13. The summed E-state index contributed by atoms with van der Waals surface area (Å²) in [5, 5.41) is 3.46. The predicted octanol–water partition coefficient (Wildman–Crippen LogP) is 2.91. The first-order valence-corrected chi connectivity index (χ1v) is 5.90. The van der Waals surface area contributed by atoms with Gasteiger partial charge in [0.2, 0.25) is 0 Å². The molecule has 90 valence electrons. The van der Waals surface area contributed by atoms with Crippen molar-refractivity contribution < 1.29 is 4.74 Å². The molecule has 2 heteroatoms. The molecule has 1 aromatic rings. The average molecular weight is 221 g/mol. The van der Waals surface area contributed by atoms with Gasteiger partial charge in [0.25, 0.3) is 0 Å². The van der Waals surface area contributed by atoms with Gasteiger partial charge in [-0.1, -0.05) is 19.1 Å². The maximum absolute atomic E-state index is 5.27. The van der Waals surface area contributed by atoms with Crippen LogP contribution in [0, 0.1) is 20.8 Å². The molecule has 0 saturated carbocycles. The third-order valence-electron chi connectivity index (χ3n) is 3.04. The minimum atomic E-state index is 0.300. The molecule has 1 rings (SSSR count). The summed E-state index contributed by atoms with van der Waals surface area (Å²) in [6.45, 7) is 10.3. The molecule has 0 bridgehead atoms. The smallest absolute Gasteiger partial charge is 0.0657 e. The van der Waals surface area contributed by atoms with Crippen LogP contribution in [0.25, 0.3) is 0 Å². The van der Waals surface area contributed by atoms with Gasteiger partial charge in [0, 0.05) is 7.11 Å². The molecule has 1 unspecified atom stereocenters. The van der Waals surface area contributed by atoms with E-state index in [1.165, 1.54) is 22.3 Å². The van der Waals surface area contributed by atoms with E-state index in [9.17, 15) is 0 Å². The molecule has 0 saturated heterocycles. The summed E-state index contributed by atoms with van der Waals surface area (Å²) in [6, 6.07) is 4.83. The van der Waals surface area contributed by atoms with Gasteiger partial charge < -0.3 is 10.1 Å². The van der Waals surface area contributed by atoms with Crippen LogP contribution in [-0.2, 0) is 4.74 Å². The number of rotatable bonds is 5. The fraction of sp³-hybridized carbons (Fsp3) is 0.571. The van der Waals surface area contributed by atoms with Gasteiger partial charge in [0.05, 0.1) is 12.6 Å². The number of methoxy groups -OCH3 is 1. The summed E-state index contributed by atoms with van der Waals surface area (Å²) < 4.78 is 5.27. The van der Waals surface area contributed by atoms with Crippen LogP contribution in [0.5, 0.6) is 0 Å². The first kappa shape index (κ1) is 13.2. The summed E-state index contributed by atoms with van der Waals surface area (Å²) >= 11 is 0. The molecule has 0 aliphatic rings. The second-order valence-electron chi connectivity index (χ2n) is 4.36. The maximum atomic E-state index is 5.27. The Labute approximate surface area is 99.0 Å². The molecular weight excluding hydrogens is 198 g/mol. The number of hydrogen-bond acceptors (Lipinski definition) is 2. The van der Waals surface area contributed by atoms with Crippen molar-refractivity contribution in [1.29, 1.82) is 0 Å². The molecular formula is C14H23NO. The molecule has 1 N–H and O–H groups in total. The number of ether oxygens (including phenoxy) is 1. The normalized spacial score (nSPS) is 12.8. The van der Waals surface area contributed by atoms with Crippen LogP contribution >= 0.6 is 0 Å². The molecule has 0 aromatic heterocycles. The maximum Gasteiger partial charge on any atom is 0.0657 e. The van der Waals surface area contributed by atoms with E-state index in [0.29, 0.717) is 6.04 Å². The minimum absolute atomic E-state index is 0.300. The van der Waals surface area contributed by atoms with Crippen LogP contribution in [0.15, 0.2) is 12.1 Å². The second-order valence-corrected chi connectivity index (χ2v) is 4.36. The number of aryl methyl sites for hydroxylation is 3. The monoisotopic (exact) mass is 221 g/mol. The van der Waals surface area contributed by atoms with Crippen molar-refractivity contribution in [3.05, 3.63) is 34.4 Å². The lowest BCUT2D eigenvalue weighted by atomic mass is 9.96. The molecule has 1 atom stereocenters. The molecule has 2 nitrogen and oxygen atoms in total. The van der Waals surface area contributed by atoms with E-state index in [2.05, 4.69) is 45.1 Å². The lowest BCUT2D eigenvalue weighted by Crippen LogP contribution is -2.25. The predicted molar refractivity (Wildman–Crippen MR) is 68.9 cm³/mol. The van der Waals surface area contributed by atoms with E-state index in [-0.39, 0.29) is 0 Å². The number of nitrogens with one attached hydrogen (secondary N) is 1. The Morgan fingerprint density at radius 3 is 2.31 bits per heavy atom. The van der Waals surface area contributed by atoms with Gasteiger partial charge in [0.15, 0.2) is 0 Å². The third kappa shape index (κ3) is 3.06. The van der Waals surface area contributed by atoms with Gasteiger partial charge in [-0.2, -0.15) is 0 Å². The Kier molecular flexibility index (Phi) is 4.97. The Hall–Kier alpha value is -0.860. The number of hydrogen-bond donors (Lipinski definition) is 1. The average Bonchev–Trinajstić information content (AvgIpc) is 2.23. The van der Waals surface area contributed by atoms with Crippen molar-refractivity contribution in [2.75, 3.05) is 20.3 Å². The van der Waals surface area contributed by atoms with Crippen molar-refractivity contribution in [2.24, 2.45) is 0 Å². The zero-order valence-corrected chi connectivity index (χ0v) is 11.1. The van der Waals surface area contributed by atoms with Gasteiger partial charge >= 0.3 is 0 Å². The molecule has 0 heterocycles. The van der Waals surface area contributed by atoms with Crippen molar-refractivity contribution in [3.63, 3.8) is 0 Å². The molecule has 0 fully saturated rings. The Balaban J connectivity index is 3.03. The highest BCUT2D eigenvalue weighted by molar-refractivity contribution is 5.38. The van der Waals surface area contributed by atoms with Gasteiger partial charge in [-0.25, -0.2) is 0 Å². The lowest BCUT2D eigenvalue weighted by molar-refractivity contribution is 0.167. The van der Waals surface area contributed by atoms with E-state index >= 15 is 0 Å². The standard InChI is InChI=1S/C14H23NO/c1-6-15-14(9-16-5)13-8-11(3)10(2)7-12(13)4/h7-8,14-15H,6,9H2,1-5H3. The van der Waals surface area contributed by atoms with Crippen molar-refractivity contribution >= 4 is 0 Å². The van der Waals surface area contributed by atoms with Crippen molar-refractivity contribution in [3.8, 4) is 0 Å². The fourth-order valence-corrected chi connectivity index (χ4v) is 2.03. The summed E-state index contributed by atoms with van der Waals surface area (Å²) in [6.07, 6.45) is 0. The van der Waals surface area contributed by atoms with E-state index in [1.54, 1.807) is 7.11 Å². The number of likely N-dealkylation sites (N-methyl/N-ethyl adjacent to an activating group) is 1. The van der Waals surface area contributed by atoms with Gasteiger partial charge in [-0.05, 0) is 49.6 Å². The van der Waals surface area contributed by atoms with Gasteiger partial charge in [-0.3, -0.25) is 0 Å². The summed E-state index contributed by atoms with van der Waals surface area (Å²) in [5.41, 5.74) is 5.39. The van der Waals surface area contributed by atoms with Crippen LogP contribution in [0.2, 0.25) is 0 Å². The summed E-state index contributed by atoms with van der Waals surface area (Å²) in [5.74, 6) is 0. The van der Waals surface area contributed by atoms with E-state index in [4.69, 9.17) is 4.74 Å². The Morgan fingerprint density at radius 2 is 1.75 bits per heavy atom. The van der Waals surface area contributed by atoms with Crippen molar-refractivity contribution in [1.82, 2.24) is 5.32 Å². The second kappa shape index (κ2) is 6.02. The Morgan fingerprint density at radius 1 is 1.12 bits per heavy atom. The van der Waals surface area contributed by atoms with E-state index in [0.717, 1.165) is 13.2 Å². The topological polar surface area (TPSA) is 21.3 Å². The highest BCUT2D eigenvalue weighted by Crippen LogP contribution is 2.22.